The fourth-order valence-electron chi connectivity index (χ4n) is 3.45. The molecule has 1 atom stereocenters. The maximum Gasteiger partial charge on any atom is 0.272 e. The van der Waals surface area contributed by atoms with Crippen LogP contribution in [0.25, 0.3) is 0 Å². The molecule has 2 heterocycles. The summed E-state index contributed by atoms with van der Waals surface area (Å²) >= 11 is 0. The van der Waals surface area contributed by atoms with Crippen molar-refractivity contribution in [3.8, 4) is 0 Å². The van der Waals surface area contributed by atoms with Gasteiger partial charge in [0.1, 0.15) is 5.69 Å². The Hall–Kier alpha value is -1.69. The number of nitrogen functional groups attached to an aromatic ring is 1. The monoisotopic (exact) mass is 318 g/mol. The maximum atomic E-state index is 12.8. The predicted molar refractivity (Wildman–Crippen MR) is 88.3 cm³/mol. The van der Waals surface area contributed by atoms with Crippen molar-refractivity contribution < 1.29 is 9.53 Å². The van der Waals surface area contributed by atoms with Gasteiger partial charge >= 0.3 is 0 Å². The van der Waals surface area contributed by atoms with Crippen LogP contribution in [0.1, 0.15) is 60.3 Å². The third-order valence-electron chi connectivity index (χ3n) is 4.81. The number of ether oxygens (including phenoxy) is 1. The number of hydrogen-bond donors (Lipinski definition) is 1. The molecular weight excluding hydrogens is 292 g/mol. The molecule has 0 saturated carbocycles. The van der Waals surface area contributed by atoms with Gasteiger partial charge in [0.2, 0.25) is 5.95 Å². The van der Waals surface area contributed by atoms with E-state index in [-0.39, 0.29) is 18.0 Å². The number of nitrogens with two attached hydrogens (primary N) is 1. The Morgan fingerprint density at radius 3 is 2.87 bits per heavy atom. The Morgan fingerprint density at radius 1 is 1.26 bits per heavy atom. The van der Waals surface area contributed by atoms with Gasteiger partial charge in [0.15, 0.2) is 0 Å². The molecule has 1 aromatic heterocycles. The molecule has 1 aromatic rings. The normalized spacial score (nSPS) is 20.8. The lowest BCUT2D eigenvalue weighted by Crippen LogP contribution is -2.33. The van der Waals surface area contributed by atoms with Crippen LogP contribution < -0.4 is 5.73 Å². The Bertz CT molecular complexity index is 570. The van der Waals surface area contributed by atoms with E-state index in [9.17, 15) is 4.79 Å². The lowest BCUT2D eigenvalue weighted by Gasteiger charge is -2.26. The minimum absolute atomic E-state index is 0.0481. The number of carbonyl (C=O) groups excluding carboxylic acids is 1. The van der Waals surface area contributed by atoms with Gasteiger partial charge in [-0.05, 0) is 51.4 Å². The van der Waals surface area contributed by atoms with Crippen molar-refractivity contribution in [3.05, 3.63) is 17.0 Å². The Labute approximate surface area is 137 Å². The van der Waals surface area contributed by atoms with Gasteiger partial charge in [0, 0.05) is 31.5 Å². The number of carbonyl (C=O) groups is 1. The second-order valence-electron chi connectivity index (χ2n) is 6.57. The largest absolute Gasteiger partial charge is 0.378 e. The van der Waals surface area contributed by atoms with E-state index in [0.29, 0.717) is 12.2 Å². The van der Waals surface area contributed by atoms with Gasteiger partial charge in [0.05, 0.1) is 6.10 Å². The number of rotatable bonds is 4. The first-order valence-electron chi connectivity index (χ1n) is 8.67. The third kappa shape index (κ3) is 3.80. The molecule has 1 saturated heterocycles. The van der Waals surface area contributed by atoms with Crippen LogP contribution in [-0.4, -0.2) is 47.1 Å². The van der Waals surface area contributed by atoms with Gasteiger partial charge in [-0.25, -0.2) is 9.97 Å². The summed E-state index contributed by atoms with van der Waals surface area (Å²) in [7, 11) is 1.83. The van der Waals surface area contributed by atoms with Crippen molar-refractivity contribution in [2.45, 2.75) is 57.5 Å². The molecule has 2 aliphatic rings. The molecule has 126 valence electrons. The molecule has 0 spiro atoms. The molecule has 6 nitrogen and oxygen atoms in total. The van der Waals surface area contributed by atoms with E-state index in [1.54, 1.807) is 4.90 Å². The Kier molecular flexibility index (Phi) is 5.10. The van der Waals surface area contributed by atoms with Gasteiger partial charge in [-0.1, -0.05) is 0 Å². The van der Waals surface area contributed by atoms with Crippen LogP contribution in [0.5, 0.6) is 0 Å². The van der Waals surface area contributed by atoms with Crippen LogP contribution in [0.3, 0.4) is 0 Å². The highest BCUT2D eigenvalue weighted by Crippen LogP contribution is 2.24. The summed E-state index contributed by atoms with van der Waals surface area (Å²) in [5.74, 6) is 0.158. The SMILES string of the molecule is CN(CCC1CCCCO1)C(=O)c1nc(N)nc2c1CCCC2. The summed E-state index contributed by atoms with van der Waals surface area (Å²) in [5.41, 5.74) is 8.25. The number of anilines is 1. The first-order chi connectivity index (χ1) is 11.1. The lowest BCUT2D eigenvalue weighted by molar-refractivity contribution is 0.00704. The van der Waals surface area contributed by atoms with Crippen LogP contribution >= 0.6 is 0 Å². The zero-order valence-corrected chi connectivity index (χ0v) is 13.9. The zero-order valence-electron chi connectivity index (χ0n) is 13.9. The second-order valence-corrected chi connectivity index (χ2v) is 6.57. The molecule has 1 amide bonds. The summed E-state index contributed by atoms with van der Waals surface area (Å²) in [6, 6.07) is 0. The number of nitrogens with zero attached hydrogens (tertiary/aromatic N) is 3. The molecular formula is C17H26N4O2. The molecule has 1 unspecified atom stereocenters. The highest BCUT2D eigenvalue weighted by atomic mass is 16.5. The number of aryl methyl sites for hydroxylation is 1. The van der Waals surface area contributed by atoms with Crippen molar-refractivity contribution >= 4 is 11.9 Å². The van der Waals surface area contributed by atoms with Crippen molar-refractivity contribution in [1.29, 1.82) is 0 Å². The van der Waals surface area contributed by atoms with Crippen LogP contribution in [0, 0.1) is 0 Å². The molecule has 1 fully saturated rings. The molecule has 1 aliphatic heterocycles. The van der Waals surface area contributed by atoms with Crippen LogP contribution in [-0.2, 0) is 17.6 Å². The lowest BCUT2D eigenvalue weighted by atomic mass is 9.94. The minimum atomic E-state index is -0.0481. The summed E-state index contributed by atoms with van der Waals surface area (Å²) < 4.78 is 5.74. The van der Waals surface area contributed by atoms with Gasteiger partial charge in [-0.2, -0.15) is 0 Å². The smallest absolute Gasteiger partial charge is 0.272 e. The Morgan fingerprint density at radius 2 is 2.09 bits per heavy atom. The van der Waals surface area contributed by atoms with Gasteiger partial charge in [-0.3, -0.25) is 4.79 Å². The van der Waals surface area contributed by atoms with E-state index < -0.39 is 0 Å². The van der Waals surface area contributed by atoms with Crippen molar-refractivity contribution in [3.63, 3.8) is 0 Å². The predicted octanol–water partition coefficient (Wildman–Crippen LogP) is 1.97. The molecule has 23 heavy (non-hydrogen) atoms. The van der Waals surface area contributed by atoms with Crippen LogP contribution in [0.4, 0.5) is 5.95 Å². The van der Waals surface area contributed by atoms with E-state index in [4.69, 9.17) is 10.5 Å². The molecule has 0 bridgehead atoms. The first kappa shape index (κ1) is 16.2. The summed E-state index contributed by atoms with van der Waals surface area (Å²) in [6.45, 7) is 1.53. The van der Waals surface area contributed by atoms with Crippen LogP contribution in [0.15, 0.2) is 0 Å². The number of amides is 1. The molecule has 2 N–H and O–H groups in total. The molecule has 6 heteroatoms. The average molecular weight is 318 g/mol. The second kappa shape index (κ2) is 7.25. The van der Waals surface area contributed by atoms with E-state index in [1.807, 2.05) is 7.05 Å². The van der Waals surface area contributed by atoms with Gasteiger partial charge in [0.25, 0.3) is 5.91 Å². The number of fused-ring (bicyclic) bond motifs is 1. The third-order valence-corrected chi connectivity index (χ3v) is 4.81. The standard InChI is InChI=1S/C17H26N4O2/c1-21(10-9-12-6-4-5-11-23-12)16(22)15-13-7-2-3-8-14(13)19-17(18)20-15/h12H,2-11H2,1H3,(H2,18,19,20). The fourth-order valence-corrected chi connectivity index (χ4v) is 3.45. The van der Waals surface area contributed by atoms with Gasteiger partial charge in [-0.15, -0.1) is 0 Å². The summed E-state index contributed by atoms with van der Waals surface area (Å²) in [5, 5.41) is 0. The topological polar surface area (TPSA) is 81.3 Å². The first-order valence-corrected chi connectivity index (χ1v) is 8.67. The zero-order chi connectivity index (χ0) is 16.2. The quantitative estimate of drug-likeness (QED) is 0.918. The summed E-state index contributed by atoms with van der Waals surface area (Å²) in [4.78, 5) is 23.1. The number of hydrogen-bond acceptors (Lipinski definition) is 5. The van der Waals surface area contributed by atoms with E-state index in [1.165, 1.54) is 6.42 Å². The van der Waals surface area contributed by atoms with Crippen molar-refractivity contribution in [1.82, 2.24) is 14.9 Å². The maximum absolute atomic E-state index is 12.8. The highest BCUT2D eigenvalue weighted by Gasteiger charge is 2.24. The molecule has 3 rings (SSSR count). The molecule has 0 aromatic carbocycles. The van der Waals surface area contributed by atoms with E-state index >= 15 is 0 Å². The summed E-state index contributed by atoms with van der Waals surface area (Å²) in [6.07, 6.45) is 8.58. The van der Waals surface area contributed by atoms with Gasteiger partial charge < -0.3 is 15.4 Å². The fraction of sp³-hybridized carbons (Fsp3) is 0.706. The minimum Gasteiger partial charge on any atom is -0.378 e. The van der Waals surface area contributed by atoms with Crippen molar-refractivity contribution in [2.75, 3.05) is 25.9 Å². The van der Waals surface area contributed by atoms with E-state index in [0.717, 1.165) is 62.8 Å². The Balaban J connectivity index is 1.68. The van der Waals surface area contributed by atoms with Crippen LogP contribution in [0.2, 0.25) is 0 Å². The van der Waals surface area contributed by atoms with E-state index in [2.05, 4.69) is 9.97 Å². The number of aromatic nitrogens is 2. The molecule has 1 aliphatic carbocycles. The highest BCUT2D eigenvalue weighted by molar-refractivity contribution is 5.94. The molecule has 0 radical (unpaired) electrons. The van der Waals surface area contributed by atoms with Crippen molar-refractivity contribution in [2.24, 2.45) is 0 Å². The average Bonchev–Trinajstić information content (AvgIpc) is 2.59.